The van der Waals surface area contributed by atoms with Crippen LogP contribution in [-0.4, -0.2) is 37.6 Å². The van der Waals surface area contributed by atoms with Crippen LogP contribution in [0.5, 0.6) is 0 Å². The van der Waals surface area contributed by atoms with Crippen molar-refractivity contribution in [3.63, 3.8) is 0 Å². The van der Waals surface area contributed by atoms with Crippen LogP contribution in [0.3, 0.4) is 0 Å². The number of fused-ring (bicyclic) bond motifs is 1. The largest absolute Gasteiger partial charge is 0.468 e. The molecule has 0 bridgehead atoms. The van der Waals surface area contributed by atoms with Gasteiger partial charge in [0.05, 0.1) is 17.3 Å². The van der Waals surface area contributed by atoms with Crippen LogP contribution < -0.4 is 9.70 Å². The Labute approximate surface area is 159 Å². The lowest BCUT2D eigenvalue weighted by molar-refractivity contribution is -0.141. The molecule has 0 aliphatic heterocycles. The van der Waals surface area contributed by atoms with Gasteiger partial charge < -0.3 is 14.2 Å². The molecule has 0 spiro atoms. The van der Waals surface area contributed by atoms with Crippen LogP contribution in [0.15, 0.2) is 47.5 Å². The van der Waals surface area contributed by atoms with Crippen LogP contribution in [-0.2, 0) is 16.1 Å². The number of thiazole rings is 1. The number of rotatable bonds is 4. The number of carbonyl (C=O) groups excluding carboxylic acids is 2. The SMILES string of the molecule is COC(=O)Cn1c(=NC(=O)c2ccc(N(C)C)cc2)sc2cccc(F)c21. The monoisotopic (exact) mass is 387 g/mol. The van der Waals surface area contributed by atoms with E-state index in [1.807, 2.05) is 31.1 Å². The van der Waals surface area contributed by atoms with Crippen LogP contribution >= 0.6 is 11.3 Å². The number of anilines is 1. The van der Waals surface area contributed by atoms with E-state index in [-0.39, 0.29) is 16.9 Å². The Hall–Kier alpha value is -3.00. The number of halogens is 1. The van der Waals surface area contributed by atoms with Crippen LogP contribution in [0.2, 0.25) is 0 Å². The first-order valence-corrected chi connectivity index (χ1v) is 8.93. The number of para-hydroxylation sites is 1. The van der Waals surface area contributed by atoms with E-state index in [1.165, 1.54) is 17.7 Å². The van der Waals surface area contributed by atoms with E-state index in [1.54, 1.807) is 24.3 Å². The van der Waals surface area contributed by atoms with E-state index in [9.17, 15) is 14.0 Å². The van der Waals surface area contributed by atoms with Crippen molar-refractivity contribution in [1.29, 1.82) is 0 Å². The molecule has 0 saturated carbocycles. The van der Waals surface area contributed by atoms with Gasteiger partial charge in [-0.1, -0.05) is 17.4 Å². The molecular formula is C19H18FN3O3S. The number of hydrogen-bond acceptors (Lipinski definition) is 5. The van der Waals surface area contributed by atoms with Gasteiger partial charge in [-0.15, -0.1) is 0 Å². The normalized spacial score (nSPS) is 11.6. The summed E-state index contributed by atoms with van der Waals surface area (Å²) in [5.41, 5.74) is 1.58. The Morgan fingerprint density at radius 3 is 2.52 bits per heavy atom. The van der Waals surface area contributed by atoms with Crippen molar-refractivity contribution in [3.05, 3.63) is 58.6 Å². The number of ether oxygens (including phenoxy) is 1. The molecule has 1 amide bonds. The van der Waals surface area contributed by atoms with E-state index in [2.05, 4.69) is 9.73 Å². The van der Waals surface area contributed by atoms with Gasteiger partial charge in [-0.05, 0) is 36.4 Å². The molecule has 27 heavy (non-hydrogen) atoms. The average molecular weight is 387 g/mol. The first-order valence-electron chi connectivity index (χ1n) is 8.12. The Morgan fingerprint density at radius 1 is 1.19 bits per heavy atom. The molecule has 140 valence electrons. The van der Waals surface area contributed by atoms with Crippen LogP contribution in [0, 0.1) is 5.82 Å². The number of hydrogen-bond donors (Lipinski definition) is 0. The second-order valence-corrected chi connectivity index (χ2v) is 7.00. The van der Waals surface area contributed by atoms with E-state index in [0.29, 0.717) is 10.3 Å². The lowest BCUT2D eigenvalue weighted by Gasteiger charge is -2.11. The number of esters is 1. The summed E-state index contributed by atoms with van der Waals surface area (Å²) in [6.45, 7) is -0.233. The first-order chi connectivity index (χ1) is 12.9. The van der Waals surface area contributed by atoms with Crippen LogP contribution in [0.4, 0.5) is 10.1 Å². The smallest absolute Gasteiger partial charge is 0.325 e. The predicted molar refractivity (Wildman–Crippen MR) is 102 cm³/mol. The number of nitrogens with zero attached hydrogens (tertiary/aromatic N) is 3. The number of carbonyl (C=O) groups is 2. The molecule has 0 atom stereocenters. The van der Waals surface area contributed by atoms with Gasteiger partial charge in [0, 0.05) is 25.3 Å². The number of methoxy groups -OCH3 is 1. The second kappa shape index (κ2) is 7.71. The summed E-state index contributed by atoms with van der Waals surface area (Å²) in [5.74, 6) is -1.51. The van der Waals surface area contributed by atoms with Crippen molar-refractivity contribution in [2.45, 2.75) is 6.54 Å². The van der Waals surface area contributed by atoms with Crippen molar-refractivity contribution in [1.82, 2.24) is 4.57 Å². The molecule has 0 N–H and O–H groups in total. The van der Waals surface area contributed by atoms with Gasteiger partial charge >= 0.3 is 5.97 Å². The summed E-state index contributed by atoms with van der Waals surface area (Å²) in [7, 11) is 5.06. The summed E-state index contributed by atoms with van der Waals surface area (Å²) < 4.78 is 20.9. The fourth-order valence-corrected chi connectivity index (χ4v) is 3.61. The zero-order valence-electron chi connectivity index (χ0n) is 15.1. The van der Waals surface area contributed by atoms with Gasteiger partial charge in [0.25, 0.3) is 5.91 Å². The number of benzene rings is 2. The minimum Gasteiger partial charge on any atom is -0.468 e. The minimum atomic E-state index is -0.554. The van der Waals surface area contributed by atoms with Gasteiger partial charge in [-0.3, -0.25) is 9.59 Å². The van der Waals surface area contributed by atoms with Gasteiger partial charge in [-0.25, -0.2) is 4.39 Å². The summed E-state index contributed by atoms with van der Waals surface area (Å²) in [6.07, 6.45) is 0. The minimum absolute atomic E-state index is 0.224. The topological polar surface area (TPSA) is 63.9 Å². The van der Waals surface area contributed by atoms with Gasteiger partial charge in [0.15, 0.2) is 4.80 Å². The maximum atomic E-state index is 14.3. The van der Waals surface area contributed by atoms with Gasteiger partial charge in [0.2, 0.25) is 0 Å². The molecular weight excluding hydrogens is 369 g/mol. The average Bonchev–Trinajstić information content (AvgIpc) is 3.00. The number of amides is 1. The van der Waals surface area contributed by atoms with E-state index < -0.39 is 17.7 Å². The van der Waals surface area contributed by atoms with Crippen molar-refractivity contribution in [3.8, 4) is 0 Å². The lowest BCUT2D eigenvalue weighted by atomic mass is 10.2. The van der Waals surface area contributed by atoms with Crippen molar-refractivity contribution in [2.24, 2.45) is 4.99 Å². The fraction of sp³-hybridized carbons (Fsp3) is 0.211. The second-order valence-electron chi connectivity index (χ2n) is 5.99. The third kappa shape index (κ3) is 3.90. The molecule has 2 aromatic carbocycles. The summed E-state index contributed by atoms with van der Waals surface area (Å²) in [5, 5.41) is 0. The highest BCUT2D eigenvalue weighted by molar-refractivity contribution is 7.16. The molecule has 0 unspecified atom stereocenters. The summed E-state index contributed by atoms with van der Waals surface area (Å²) >= 11 is 1.14. The molecule has 0 aliphatic rings. The first kappa shape index (κ1) is 18.8. The van der Waals surface area contributed by atoms with E-state index in [0.717, 1.165) is 17.0 Å². The molecule has 0 saturated heterocycles. The zero-order valence-corrected chi connectivity index (χ0v) is 15.9. The van der Waals surface area contributed by atoms with Crippen LogP contribution in [0.1, 0.15) is 10.4 Å². The Kier molecular flexibility index (Phi) is 5.36. The maximum Gasteiger partial charge on any atom is 0.325 e. The van der Waals surface area contributed by atoms with Crippen LogP contribution in [0.25, 0.3) is 10.2 Å². The van der Waals surface area contributed by atoms with Crippen molar-refractivity contribution in [2.75, 3.05) is 26.1 Å². The molecule has 3 aromatic rings. The maximum absolute atomic E-state index is 14.3. The third-order valence-corrected chi connectivity index (χ3v) is 5.04. The fourth-order valence-electron chi connectivity index (χ4n) is 2.57. The zero-order chi connectivity index (χ0) is 19.6. The summed E-state index contributed by atoms with van der Waals surface area (Å²) in [4.78, 5) is 30.6. The lowest BCUT2D eigenvalue weighted by Crippen LogP contribution is -2.22. The molecule has 0 radical (unpaired) electrons. The highest BCUT2D eigenvalue weighted by Crippen LogP contribution is 2.21. The highest BCUT2D eigenvalue weighted by atomic mass is 32.1. The molecule has 6 nitrogen and oxygen atoms in total. The quantitative estimate of drug-likeness (QED) is 0.646. The van der Waals surface area contributed by atoms with Gasteiger partial charge in [-0.2, -0.15) is 4.99 Å². The Balaban J connectivity index is 2.09. The van der Waals surface area contributed by atoms with E-state index in [4.69, 9.17) is 0 Å². The molecule has 1 aromatic heterocycles. The third-order valence-electron chi connectivity index (χ3n) is 3.99. The molecule has 3 rings (SSSR count). The van der Waals surface area contributed by atoms with Crippen molar-refractivity contribution < 1.29 is 18.7 Å². The van der Waals surface area contributed by atoms with Crippen molar-refractivity contribution >= 4 is 39.1 Å². The highest BCUT2D eigenvalue weighted by Gasteiger charge is 2.15. The Morgan fingerprint density at radius 2 is 1.89 bits per heavy atom. The predicted octanol–water partition coefficient (Wildman–Crippen LogP) is 2.82. The standard InChI is InChI=1S/C19H18FN3O3S/c1-22(2)13-9-7-12(8-10-13)18(25)21-19-23(11-16(24)26-3)17-14(20)5-4-6-15(17)27-19/h4-10H,11H2,1-3H3. The number of aromatic nitrogens is 1. The molecule has 8 heteroatoms. The van der Waals surface area contributed by atoms with E-state index >= 15 is 0 Å². The Bertz CT molecular complexity index is 1070. The molecule has 0 fully saturated rings. The molecule has 0 aliphatic carbocycles. The molecule has 1 heterocycles. The summed E-state index contributed by atoms with van der Waals surface area (Å²) in [6, 6.07) is 11.6. The van der Waals surface area contributed by atoms with Gasteiger partial charge in [0.1, 0.15) is 12.4 Å².